The van der Waals surface area contributed by atoms with Gasteiger partial charge in [-0.1, -0.05) is 86.6 Å². The zero-order chi connectivity index (χ0) is 25.6. The Morgan fingerprint density at radius 3 is 1.97 bits per heavy atom. The third kappa shape index (κ3) is 5.41. The first-order valence-corrected chi connectivity index (χ1v) is 12.9. The lowest BCUT2D eigenvalue weighted by atomic mass is 10.0. The highest BCUT2D eigenvalue weighted by Gasteiger charge is 2.18. The van der Waals surface area contributed by atoms with E-state index < -0.39 is 0 Å². The summed E-state index contributed by atoms with van der Waals surface area (Å²) in [7, 11) is 0. The average molecular weight is 485 g/mol. The van der Waals surface area contributed by atoms with E-state index in [9.17, 15) is 0 Å². The van der Waals surface area contributed by atoms with Crippen molar-refractivity contribution in [1.29, 1.82) is 0 Å². The maximum Gasteiger partial charge on any atom is 0.119 e. The van der Waals surface area contributed by atoms with Crippen LogP contribution in [0.2, 0.25) is 0 Å². The lowest BCUT2D eigenvalue weighted by Gasteiger charge is -2.15. The van der Waals surface area contributed by atoms with Crippen LogP contribution in [0.1, 0.15) is 37.8 Å². The fourth-order valence-electron chi connectivity index (χ4n) is 4.56. The van der Waals surface area contributed by atoms with Gasteiger partial charge in [0.05, 0.1) is 23.7 Å². The Bertz CT molecular complexity index is 1460. The molecule has 0 bridgehead atoms. The molecular formula is C34H32N2O. The molecule has 0 amide bonds. The van der Waals surface area contributed by atoms with Gasteiger partial charge in [-0.2, -0.15) is 0 Å². The Labute approximate surface area is 219 Å². The van der Waals surface area contributed by atoms with E-state index in [0.717, 1.165) is 45.2 Å². The highest BCUT2D eigenvalue weighted by Crippen LogP contribution is 2.36. The molecular weight excluding hydrogens is 452 g/mol. The summed E-state index contributed by atoms with van der Waals surface area (Å²) >= 11 is 0. The molecule has 3 nitrogen and oxygen atoms in total. The first kappa shape index (κ1) is 24.3. The average Bonchev–Trinajstić information content (AvgIpc) is 3.33. The van der Waals surface area contributed by atoms with Gasteiger partial charge in [0.1, 0.15) is 5.75 Å². The van der Waals surface area contributed by atoms with Crippen molar-refractivity contribution in [2.75, 3.05) is 6.61 Å². The van der Waals surface area contributed by atoms with Gasteiger partial charge >= 0.3 is 0 Å². The number of ether oxygens (including phenoxy) is 1. The van der Waals surface area contributed by atoms with Crippen LogP contribution in [-0.2, 0) is 0 Å². The molecule has 0 radical (unpaired) electrons. The van der Waals surface area contributed by atoms with Crippen LogP contribution < -0.4 is 4.74 Å². The summed E-state index contributed by atoms with van der Waals surface area (Å²) in [5.41, 5.74) is 8.89. The second kappa shape index (κ2) is 11.1. The summed E-state index contributed by atoms with van der Waals surface area (Å²) in [5.74, 6) is 1.37. The van der Waals surface area contributed by atoms with Gasteiger partial charge in [0.15, 0.2) is 0 Å². The van der Waals surface area contributed by atoms with Crippen LogP contribution in [0.5, 0.6) is 5.75 Å². The van der Waals surface area contributed by atoms with Crippen molar-refractivity contribution < 1.29 is 4.74 Å². The van der Waals surface area contributed by atoms with Crippen LogP contribution in [0.15, 0.2) is 120 Å². The Hall–Kier alpha value is -4.37. The quantitative estimate of drug-likeness (QED) is 0.202. The van der Waals surface area contributed by atoms with Gasteiger partial charge in [-0.05, 0) is 72.0 Å². The van der Waals surface area contributed by atoms with Crippen molar-refractivity contribution in [2.45, 2.75) is 26.7 Å². The Morgan fingerprint density at radius 1 is 0.757 bits per heavy atom. The van der Waals surface area contributed by atoms with Gasteiger partial charge in [0.25, 0.3) is 0 Å². The van der Waals surface area contributed by atoms with E-state index in [4.69, 9.17) is 9.73 Å². The predicted molar refractivity (Wildman–Crippen MR) is 156 cm³/mol. The number of aliphatic imine (C=N–C) groups is 1. The molecule has 37 heavy (non-hydrogen) atoms. The van der Waals surface area contributed by atoms with Gasteiger partial charge in [-0.25, -0.2) is 0 Å². The van der Waals surface area contributed by atoms with Crippen molar-refractivity contribution in [3.63, 3.8) is 0 Å². The molecule has 0 aliphatic rings. The van der Waals surface area contributed by atoms with E-state index in [0.29, 0.717) is 12.5 Å². The SMILES string of the molecule is CCOc1ccc(-n2c(-c3ccccc3)cc(C=Nc3ccc(C(C)C)cc3)c2-c2ccccc2)cc1. The maximum absolute atomic E-state index is 5.71. The standard InChI is InChI=1S/C34H32N2O/c1-4-37-32-21-19-31(20-22-32)36-33(27-11-7-5-8-12-27)23-29(34(36)28-13-9-6-10-14-28)24-35-30-17-15-26(16-18-30)25(2)3/h5-25H,4H2,1-3H3. The number of benzene rings is 4. The second-order valence-electron chi connectivity index (χ2n) is 9.33. The topological polar surface area (TPSA) is 26.5 Å². The van der Waals surface area contributed by atoms with Crippen LogP contribution in [-0.4, -0.2) is 17.4 Å². The van der Waals surface area contributed by atoms with E-state index >= 15 is 0 Å². The highest BCUT2D eigenvalue weighted by molar-refractivity contribution is 5.94. The summed E-state index contributed by atoms with van der Waals surface area (Å²) < 4.78 is 8.03. The molecule has 184 valence electrons. The Morgan fingerprint density at radius 2 is 1.38 bits per heavy atom. The molecule has 1 aromatic heterocycles. The van der Waals surface area contributed by atoms with E-state index in [1.807, 2.05) is 25.3 Å². The zero-order valence-electron chi connectivity index (χ0n) is 21.6. The summed E-state index contributed by atoms with van der Waals surface area (Å²) in [6.45, 7) is 7.06. The van der Waals surface area contributed by atoms with Gasteiger partial charge < -0.3 is 9.30 Å². The van der Waals surface area contributed by atoms with Crippen LogP contribution >= 0.6 is 0 Å². The van der Waals surface area contributed by atoms with E-state index in [1.165, 1.54) is 5.56 Å². The summed E-state index contributed by atoms with van der Waals surface area (Å²) in [4.78, 5) is 4.89. The molecule has 0 saturated carbocycles. The minimum Gasteiger partial charge on any atom is -0.494 e. The van der Waals surface area contributed by atoms with Gasteiger partial charge in [0.2, 0.25) is 0 Å². The molecule has 0 fully saturated rings. The highest BCUT2D eigenvalue weighted by atomic mass is 16.5. The minimum absolute atomic E-state index is 0.499. The van der Waals surface area contributed by atoms with Crippen LogP contribution in [0.25, 0.3) is 28.2 Å². The molecule has 0 saturated heterocycles. The number of hydrogen-bond donors (Lipinski definition) is 0. The summed E-state index contributed by atoms with van der Waals surface area (Å²) in [6.07, 6.45) is 1.99. The molecule has 5 aromatic rings. The number of nitrogens with zero attached hydrogens (tertiary/aromatic N) is 2. The molecule has 0 aliphatic heterocycles. The fourth-order valence-corrected chi connectivity index (χ4v) is 4.56. The van der Waals surface area contributed by atoms with Crippen molar-refractivity contribution in [1.82, 2.24) is 4.57 Å². The van der Waals surface area contributed by atoms with E-state index in [2.05, 4.69) is 122 Å². The van der Waals surface area contributed by atoms with Crippen LogP contribution in [0.3, 0.4) is 0 Å². The van der Waals surface area contributed by atoms with Crippen LogP contribution in [0, 0.1) is 0 Å². The number of aromatic nitrogens is 1. The zero-order valence-corrected chi connectivity index (χ0v) is 21.6. The molecule has 0 spiro atoms. The van der Waals surface area contributed by atoms with E-state index in [-0.39, 0.29) is 0 Å². The first-order chi connectivity index (χ1) is 18.1. The molecule has 1 heterocycles. The van der Waals surface area contributed by atoms with Crippen molar-refractivity contribution >= 4 is 11.9 Å². The largest absolute Gasteiger partial charge is 0.494 e. The molecule has 5 rings (SSSR count). The number of rotatable bonds is 8. The third-order valence-electron chi connectivity index (χ3n) is 6.47. The van der Waals surface area contributed by atoms with Gasteiger partial charge in [0, 0.05) is 17.5 Å². The van der Waals surface area contributed by atoms with Crippen molar-refractivity contribution in [3.8, 4) is 34.0 Å². The predicted octanol–water partition coefficient (Wildman–Crippen LogP) is 9.08. The fraction of sp³-hybridized carbons (Fsp3) is 0.147. The molecule has 0 N–H and O–H groups in total. The molecule has 0 aliphatic carbocycles. The van der Waals surface area contributed by atoms with Crippen molar-refractivity contribution in [3.05, 3.63) is 126 Å². The minimum atomic E-state index is 0.499. The van der Waals surface area contributed by atoms with E-state index in [1.54, 1.807) is 0 Å². The molecule has 4 aromatic carbocycles. The normalized spacial score (nSPS) is 11.4. The molecule has 0 unspecified atom stereocenters. The summed E-state index contributed by atoms with van der Waals surface area (Å²) in [6, 6.07) is 40.1. The summed E-state index contributed by atoms with van der Waals surface area (Å²) in [5, 5.41) is 0. The Kier molecular flexibility index (Phi) is 7.32. The lowest BCUT2D eigenvalue weighted by molar-refractivity contribution is 0.340. The molecule has 0 atom stereocenters. The van der Waals surface area contributed by atoms with Gasteiger partial charge in [-0.3, -0.25) is 4.99 Å². The smallest absolute Gasteiger partial charge is 0.119 e. The van der Waals surface area contributed by atoms with Crippen LogP contribution in [0.4, 0.5) is 5.69 Å². The second-order valence-corrected chi connectivity index (χ2v) is 9.33. The Balaban J connectivity index is 1.69. The monoisotopic (exact) mass is 484 g/mol. The first-order valence-electron chi connectivity index (χ1n) is 12.9. The lowest BCUT2D eigenvalue weighted by Crippen LogP contribution is -2.01. The van der Waals surface area contributed by atoms with Crippen molar-refractivity contribution in [2.24, 2.45) is 4.99 Å². The maximum atomic E-state index is 5.71. The van der Waals surface area contributed by atoms with Gasteiger partial charge in [-0.15, -0.1) is 0 Å². The third-order valence-corrected chi connectivity index (χ3v) is 6.47. The molecule has 3 heteroatoms. The number of hydrogen-bond acceptors (Lipinski definition) is 2.